The fourth-order valence-corrected chi connectivity index (χ4v) is 4.90. The fraction of sp³-hybridized carbons (Fsp3) is 0.281. The highest BCUT2D eigenvalue weighted by molar-refractivity contribution is 5.99. The summed E-state index contributed by atoms with van der Waals surface area (Å²) in [4.78, 5) is 33.3. The van der Waals surface area contributed by atoms with Crippen LogP contribution in [0.2, 0.25) is 0 Å². The van der Waals surface area contributed by atoms with E-state index in [1.165, 1.54) is 4.90 Å². The van der Waals surface area contributed by atoms with E-state index in [0.717, 1.165) is 18.4 Å². The Morgan fingerprint density at radius 3 is 2.40 bits per heavy atom. The highest BCUT2D eigenvalue weighted by Gasteiger charge is 2.26. The minimum Gasteiger partial charge on any atom is -0.497 e. The number of nitrogens with one attached hydrogen (secondary N) is 1. The van der Waals surface area contributed by atoms with Crippen molar-refractivity contribution in [2.75, 3.05) is 46.3 Å². The zero-order valence-electron chi connectivity index (χ0n) is 23.9. The average molecular weight is 571 g/mol. The van der Waals surface area contributed by atoms with Gasteiger partial charge in [-0.2, -0.15) is 0 Å². The molecule has 0 unspecified atom stereocenters. The van der Waals surface area contributed by atoms with Gasteiger partial charge >= 0.3 is 0 Å². The van der Waals surface area contributed by atoms with E-state index in [2.05, 4.69) is 5.32 Å². The van der Waals surface area contributed by atoms with Crippen molar-refractivity contribution in [2.45, 2.75) is 18.9 Å². The number of nitrogens with zero attached hydrogens (tertiary/aromatic N) is 3. The van der Waals surface area contributed by atoms with Crippen molar-refractivity contribution in [3.63, 3.8) is 0 Å². The molecule has 5 rings (SSSR count). The highest BCUT2D eigenvalue weighted by atomic mass is 16.5. The lowest BCUT2D eigenvalue weighted by Gasteiger charge is -2.25. The van der Waals surface area contributed by atoms with Crippen LogP contribution in [0.15, 0.2) is 79.0 Å². The molecule has 218 valence electrons. The molecule has 0 spiro atoms. The SMILES string of the molecule is COc1ccc(C(=O)N(CC(=O)Nc2nc(-c3ccccc3)cn2-c2ccc(OC)c(OC)c2)C[C@@H]2CCCO2)cc1. The normalized spacial score (nSPS) is 14.3. The zero-order valence-corrected chi connectivity index (χ0v) is 23.9. The first-order valence-corrected chi connectivity index (χ1v) is 13.7. The molecule has 3 aromatic carbocycles. The quantitative estimate of drug-likeness (QED) is 0.276. The van der Waals surface area contributed by atoms with E-state index in [9.17, 15) is 9.59 Å². The minimum absolute atomic E-state index is 0.126. The number of rotatable bonds is 11. The number of hydrogen-bond donors (Lipinski definition) is 1. The molecule has 0 bridgehead atoms. The molecule has 1 atom stereocenters. The lowest BCUT2D eigenvalue weighted by atomic mass is 10.1. The predicted octanol–water partition coefficient (Wildman–Crippen LogP) is 4.83. The first kappa shape index (κ1) is 28.7. The number of amides is 2. The van der Waals surface area contributed by atoms with Gasteiger partial charge in [0.15, 0.2) is 11.5 Å². The Kier molecular flexibility index (Phi) is 9.03. The smallest absolute Gasteiger partial charge is 0.254 e. The summed E-state index contributed by atoms with van der Waals surface area (Å²) in [5.41, 5.74) is 2.73. The first-order valence-electron chi connectivity index (χ1n) is 13.7. The van der Waals surface area contributed by atoms with Crippen LogP contribution < -0.4 is 19.5 Å². The molecule has 10 nitrogen and oxygen atoms in total. The standard InChI is InChI=1S/C32H34N4O6/c1-39-25-14-11-23(12-15-25)31(38)35(19-26-10-7-17-42-26)21-30(37)34-32-33-27(22-8-5-4-6-9-22)20-36(32)24-13-16-28(40-2)29(18-24)41-3/h4-6,8-9,11-16,18,20,26H,7,10,17,19,21H2,1-3H3,(H,33,34,37)/t26-/m0/s1. The van der Waals surface area contributed by atoms with E-state index >= 15 is 0 Å². The summed E-state index contributed by atoms with van der Waals surface area (Å²) in [6.45, 7) is 0.772. The number of ether oxygens (including phenoxy) is 4. The van der Waals surface area contributed by atoms with Crippen LogP contribution >= 0.6 is 0 Å². The van der Waals surface area contributed by atoms with Crippen molar-refractivity contribution in [3.05, 3.63) is 84.6 Å². The molecule has 0 radical (unpaired) electrons. The van der Waals surface area contributed by atoms with E-state index in [1.54, 1.807) is 56.2 Å². The van der Waals surface area contributed by atoms with Crippen molar-refractivity contribution < 1.29 is 28.5 Å². The van der Waals surface area contributed by atoms with Crippen LogP contribution in [0.3, 0.4) is 0 Å². The van der Waals surface area contributed by atoms with Gasteiger partial charge in [-0.3, -0.25) is 19.5 Å². The minimum atomic E-state index is -0.387. The Morgan fingerprint density at radius 1 is 0.976 bits per heavy atom. The number of carbonyl (C=O) groups is 2. The van der Waals surface area contributed by atoms with Gasteiger partial charge in [-0.15, -0.1) is 0 Å². The number of imidazole rings is 1. The van der Waals surface area contributed by atoms with E-state index in [1.807, 2.05) is 48.7 Å². The van der Waals surface area contributed by atoms with Crippen LogP contribution in [-0.2, 0) is 9.53 Å². The number of hydrogen-bond acceptors (Lipinski definition) is 7. The lowest BCUT2D eigenvalue weighted by molar-refractivity contribution is -0.117. The van der Waals surface area contributed by atoms with Gasteiger partial charge in [0.1, 0.15) is 12.3 Å². The van der Waals surface area contributed by atoms with Gasteiger partial charge in [-0.05, 0) is 49.2 Å². The van der Waals surface area contributed by atoms with Crippen molar-refractivity contribution in [3.8, 4) is 34.2 Å². The molecule has 1 aliphatic rings. The third-order valence-corrected chi connectivity index (χ3v) is 7.08. The van der Waals surface area contributed by atoms with Gasteiger partial charge in [-0.1, -0.05) is 30.3 Å². The summed E-state index contributed by atoms with van der Waals surface area (Å²) in [5, 5.41) is 2.93. The largest absolute Gasteiger partial charge is 0.497 e. The molecule has 0 saturated carbocycles. The zero-order chi connectivity index (χ0) is 29.5. The Hall–Kier alpha value is -4.83. The second-order valence-electron chi connectivity index (χ2n) is 9.82. The Labute approximate surface area is 244 Å². The second kappa shape index (κ2) is 13.2. The molecule has 1 aliphatic heterocycles. The third kappa shape index (κ3) is 6.55. The molecule has 42 heavy (non-hydrogen) atoms. The summed E-state index contributed by atoms with van der Waals surface area (Å²) >= 11 is 0. The average Bonchev–Trinajstić information content (AvgIpc) is 3.70. The Bertz CT molecular complexity index is 1510. The molecule has 2 heterocycles. The number of benzene rings is 3. The summed E-state index contributed by atoms with van der Waals surface area (Å²) < 4.78 is 23.7. The Balaban J connectivity index is 1.43. The van der Waals surface area contributed by atoms with E-state index in [-0.39, 0.29) is 24.5 Å². The van der Waals surface area contributed by atoms with Gasteiger partial charge in [-0.25, -0.2) is 4.98 Å². The maximum absolute atomic E-state index is 13.5. The molecule has 4 aromatic rings. The topological polar surface area (TPSA) is 104 Å². The van der Waals surface area contributed by atoms with Crippen molar-refractivity contribution in [1.29, 1.82) is 0 Å². The summed E-state index contributed by atoms with van der Waals surface area (Å²) in [5.74, 6) is 1.41. The van der Waals surface area contributed by atoms with Crippen LogP contribution in [-0.4, -0.2) is 73.4 Å². The summed E-state index contributed by atoms with van der Waals surface area (Å²) in [7, 11) is 4.71. The molecule has 0 aliphatic carbocycles. The van der Waals surface area contributed by atoms with Gasteiger partial charge < -0.3 is 23.8 Å². The molecule has 1 saturated heterocycles. The molecular formula is C32H34N4O6. The number of methoxy groups -OCH3 is 3. The van der Waals surface area contributed by atoms with Gasteiger partial charge in [0.05, 0.1) is 38.8 Å². The number of carbonyl (C=O) groups excluding carboxylic acids is 2. The summed E-state index contributed by atoms with van der Waals surface area (Å²) in [6.07, 6.45) is 3.47. The maximum atomic E-state index is 13.5. The second-order valence-corrected chi connectivity index (χ2v) is 9.82. The molecular weight excluding hydrogens is 536 g/mol. The van der Waals surface area contributed by atoms with Crippen LogP contribution in [0.1, 0.15) is 23.2 Å². The fourth-order valence-electron chi connectivity index (χ4n) is 4.90. The van der Waals surface area contributed by atoms with Gasteiger partial charge in [0, 0.05) is 36.5 Å². The molecule has 1 fully saturated rings. The van der Waals surface area contributed by atoms with Crippen LogP contribution in [0.25, 0.3) is 16.9 Å². The van der Waals surface area contributed by atoms with Crippen molar-refractivity contribution >= 4 is 17.8 Å². The van der Waals surface area contributed by atoms with Crippen molar-refractivity contribution in [2.24, 2.45) is 0 Å². The Morgan fingerprint density at radius 2 is 1.74 bits per heavy atom. The molecule has 10 heteroatoms. The number of anilines is 1. The predicted molar refractivity (Wildman–Crippen MR) is 159 cm³/mol. The first-order chi connectivity index (χ1) is 20.5. The van der Waals surface area contributed by atoms with E-state index in [4.69, 9.17) is 23.9 Å². The molecule has 1 N–H and O–H groups in total. The number of aromatic nitrogens is 2. The maximum Gasteiger partial charge on any atom is 0.254 e. The third-order valence-electron chi connectivity index (χ3n) is 7.08. The molecule has 1 aromatic heterocycles. The van der Waals surface area contributed by atoms with Crippen LogP contribution in [0, 0.1) is 0 Å². The van der Waals surface area contributed by atoms with Crippen molar-refractivity contribution in [1.82, 2.24) is 14.5 Å². The molecule has 2 amide bonds. The van der Waals surface area contributed by atoms with Crippen LogP contribution in [0.5, 0.6) is 17.2 Å². The summed E-state index contributed by atoms with van der Waals surface area (Å²) in [6, 6.07) is 22.0. The van der Waals surface area contributed by atoms with Gasteiger partial charge in [0.2, 0.25) is 11.9 Å². The van der Waals surface area contributed by atoms with Gasteiger partial charge in [0.25, 0.3) is 5.91 Å². The highest BCUT2D eigenvalue weighted by Crippen LogP contribution is 2.32. The van der Waals surface area contributed by atoms with E-state index in [0.29, 0.717) is 53.3 Å². The monoisotopic (exact) mass is 570 g/mol. The van der Waals surface area contributed by atoms with E-state index < -0.39 is 0 Å². The van der Waals surface area contributed by atoms with Crippen LogP contribution in [0.4, 0.5) is 5.95 Å². The lowest BCUT2D eigenvalue weighted by Crippen LogP contribution is -2.42.